The average Bonchev–Trinajstić information content (AvgIpc) is 2.38. The average molecular weight is 277 g/mol. The Kier molecular flexibility index (Phi) is 5.24. The number of nitrogens with one attached hydrogen (secondary N) is 1. The summed E-state index contributed by atoms with van der Waals surface area (Å²) in [5, 5.41) is 21.9. The van der Waals surface area contributed by atoms with E-state index in [1.54, 1.807) is 0 Å². The van der Waals surface area contributed by atoms with Crippen molar-refractivity contribution in [3.05, 3.63) is 0 Å². The van der Waals surface area contributed by atoms with Gasteiger partial charge in [0.25, 0.3) is 5.79 Å². The fourth-order valence-corrected chi connectivity index (χ4v) is 2.10. The highest BCUT2D eigenvalue weighted by atomic mass is 16.7. The van der Waals surface area contributed by atoms with Gasteiger partial charge in [-0.1, -0.05) is 0 Å². The molecule has 0 bridgehead atoms. The van der Waals surface area contributed by atoms with Crippen LogP contribution in [0.2, 0.25) is 0 Å². The van der Waals surface area contributed by atoms with Crippen LogP contribution in [0.3, 0.4) is 0 Å². The minimum Gasteiger partial charge on any atom is -0.465 e. The molecule has 1 saturated heterocycles. The number of esters is 1. The summed E-state index contributed by atoms with van der Waals surface area (Å²) in [4.78, 5) is 22.6. The molecule has 8 nitrogen and oxygen atoms in total. The molecule has 1 heterocycles. The van der Waals surface area contributed by atoms with Crippen molar-refractivity contribution in [3.63, 3.8) is 0 Å². The molecule has 4 atom stereocenters. The third-order valence-corrected chi connectivity index (χ3v) is 2.98. The fourth-order valence-electron chi connectivity index (χ4n) is 2.10. The van der Waals surface area contributed by atoms with Crippen molar-refractivity contribution < 1.29 is 34.0 Å². The summed E-state index contributed by atoms with van der Waals surface area (Å²) in [6.45, 7) is 0.812. The van der Waals surface area contributed by atoms with Gasteiger partial charge in [-0.05, 0) is 0 Å². The predicted molar refractivity (Wildman–Crippen MR) is 61.9 cm³/mol. The lowest BCUT2D eigenvalue weighted by Crippen LogP contribution is -2.64. The van der Waals surface area contributed by atoms with E-state index in [4.69, 9.17) is 9.47 Å². The van der Waals surface area contributed by atoms with E-state index in [0.717, 1.165) is 7.11 Å². The zero-order chi connectivity index (χ0) is 14.6. The molecule has 1 amide bonds. The standard InChI is InChI=1S/C11H19NO7/c1-6(14)12-9-7(17-2)4-11(16,10(15)18-3)19-8(9)5-13/h7-9,13,16H,4-5H2,1-3H3,(H,12,14)/t7-,8-,9+,11+/m0/s1. The maximum absolute atomic E-state index is 11.5. The van der Waals surface area contributed by atoms with E-state index >= 15 is 0 Å². The number of hydrogen-bond acceptors (Lipinski definition) is 7. The first-order valence-electron chi connectivity index (χ1n) is 5.77. The highest BCUT2D eigenvalue weighted by Gasteiger charge is 2.52. The van der Waals surface area contributed by atoms with Crippen molar-refractivity contribution in [1.29, 1.82) is 0 Å². The maximum Gasteiger partial charge on any atom is 0.366 e. The summed E-state index contributed by atoms with van der Waals surface area (Å²) in [5.74, 6) is -3.51. The van der Waals surface area contributed by atoms with Gasteiger partial charge < -0.3 is 29.7 Å². The number of rotatable bonds is 4. The molecule has 0 radical (unpaired) electrons. The van der Waals surface area contributed by atoms with Gasteiger partial charge in [0.15, 0.2) is 0 Å². The summed E-state index contributed by atoms with van der Waals surface area (Å²) in [5.41, 5.74) is 0. The molecule has 110 valence electrons. The number of carbonyl (C=O) groups is 2. The zero-order valence-corrected chi connectivity index (χ0v) is 11.1. The van der Waals surface area contributed by atoms with Gasteiger partial charge in [-0.25, -0.2) is 4.79 Å². The molecule has 19 heavy (non-hydrogen) atoms. The molecule has 8 heteroatoms. The second-order valence-corrected chi connectivity index (χ2v) is 4.32. The van der Waals surface area contributed by atoms with Gasteiger partial charge in [-0.3, -0.25) is 4.79 Å². The molecule has 0 aliphatic carbocycles. The Bertz CT molecular complexity index is 332. The van der Waals surface area contributed by atoms with Crippen LogP contribution in [0.25, 0.3) is 0 Å². The van der Waals surface area contributed by atoms with E-state index < -0.39 is 36.6 Å². The molecule has 1 aliphatic rings. The van der Waals surface area contributed by atoms with Crippen molar-refractivity contribution in [1.82, 2.24) is 5.32 Å². The van der Waals surface area contributed by atoms with Crippen LogP contribution in [0.5, 0.6) is 0 Å². The third-order valence-electron chi connectivity index (χ3n) is 2.98. The number of methoxy groups -OCH3 is 2. The Labute approximate surface area is 110 Å². The summed E-state index contributed by atoms with van der Waals surface area (Å²) in [7, 11) is 2.48. The Morgan fingerprint density at radius 2 is 2.11 bits per heavy atom. The van der Waals surface area contributed by atoms with Crippen LogP contribution in [0.1, 0.15) is 13.3 Å². The van der Waals surface area contributed by atoms with E-state index in [1.165, 1.54) is 14.0 Å². The lowest BCUT2D eigenvalue weighted by Gasteiger charge is -2.43. The minimum absolute atomic E-state index is 0.211. The molecular formula is C11H19NO7. The number of aliphatic hydroxyl groups is 2. The third kappa shape index (κ3) is 3.41. The van der Waals surface area contributed by atoms with Gasteiger partial charge >= 0.3 is 5.97 Å². The topological polar surface area (TPSA) is 114 Å². The molecule has 1 aliphatic heterocycles. The van der Waals surface area contributed by atoms with Gasteiger partial charge in [0, 0.05) is 20.5 Å². The number of aliphatic hydroxyl groups excluding tert-OH is 1. The number of hydrogen-bond donors (Lipinski definition) is 3. The van der Waals surface area contributed by atoms with Crippen LogP contribution in [0, 0.1) is 0 Å². The fraction of sp³-hybridized carbons (Fsp3) is 0.818. The number of ether oxygens (including phenoxy) is 3. The Hall–Kier alpha value is -1.22. The van der Waals surface area contributed by atoms with Gasteiger partial charge in [-0.15, -0.1) is 0 Å². The van der Waals surface area contributed by atoms with Gasteiger partial charge in [-0.2, -0.15) is 0 Å². The first-order valence-corrected chi connectivity index (χ1v) is 5.77. The summed E-state index contributed by atoms with van der Waals surface area (Å²) in [6, 6.07) is -0.669. The van der Waals surface area contributed by atoms with E-state index in [1.807, 2.05) is 0 Å². The predicted octanol–water partition coefficient (Wildman–Crippen LogP) is -1.85. The van der Waals surface area contributed by atoms with Crippen molar-refractivity contribution in [3.8, 4) is 0 Å². The summed E-state index contributed by atoms with van der Waals surface area (Å²) < 4.78 is 14.8. The monoisotopic (exact) mass is 277 g/mol. The molecule has 0 unspecified atom stereocenters. The van der Waals surface area contributed by atoms with Crippen LogP contribution in [-0.4, -0.2) is 67.0 Å². The first-order chi connectivity index (χ1) is 8.87. The lowest BCUT2D eigenvalue weighted by molar-refractivity contribution is -0.284. The van der Waals surface area contributed by atoms with Gasteiger partial charge in [0.1, 0.15) is 6.10 Å². The van der Waals surface area contributed by atoms with Crippen LogP contribution in [-0.2, 0) is 23.8 Å². The smallest absolute Gasteiger partial charge is 0.366 e. The normalized spacial score (nSPS) is 34.7. The molecule has 3 N–H and O–H groups in total. The SMILES string of the molecule is COC(=O)[C@@]1(O)C[C@H](OC)[C@@H](NC(C)=O)[C@H](CO)O1. The second-order valence-electron chi connectivity index (χ2n) is 4.32. The Morgan fingerprint density at radius 3 is 2.53 bits per heavy atom. The van der Waals surface area contributed by atoms with E-state index in [0.29, 0.717) is 0 Å². The summed E-state index contributed by atoms with van der Waals surface area (Å²) in [6.07, 6.45) is -1.89. The molecule has 0 saturated carbocycles. The number of carbonyl (C=O) groups excluding carboxylic acids is 2. The minimum atomic E-state index is -2.20. The zero-order valence-electron chi connectivity index (χ0n) is 11.1. The quantitative estimate of drug-likeness (QED) is 0.517. The van der Waals surface area contributed by atoms with Crippen LogP contribution in [0.15, 0.2) is 0 Å². The molecular weight excluding hydrogens is 258 g/mol. The van der Waals surface area contributed by atoms with Crippen molar-refractivity contribution in [2.24, 2.45) is 0 Å². The Morgan fingerprint density at radius 1 is 1.47 bits per heavy atom. The highest BCUT2D eigenvalue weighted by molar-refractivity contribution is 5.78. The number of amides is 1. The van der Waals surface area contributed by atoms with Crippen molar-refractivity contribution in [2.75, 3.05) is 20.8 Å². The molecule has 0 aromatic rings. The van der Waals surface area contributed by atoms with Crippen molar-refractivity contribution in [2.45, 2.75) is 37.4 Å². The van der Waals surface area contributed by atoms with Crippen LogP contribution in [0.4, 0.5) is 0 Å². The largest absolute Gasteiger partial charge is 0.465 e. The molecule has 0 aromatic carbocycles. The second kappa shape index (κ2) is 6.29. The van der Waals surface area contributed by atoms with Crippen LogP contribution < -0.4 is 5.32 Å². The van der Waals surface area contributed by atoms with E-state index in [9.17, 15) is 19.8 Å². The maximum atomic E-state index is 11.5. The molecule has 0 spiro atoms. The molecule has 1 rings (SSSR count). The van der Waals surface area contributed by atoms with Crippen molar-refractivity contribution >= 4 is 11.9 Å². The Balaban J connectivity index is 2.96. The first kappa shape index (κ1) is 15.8. The molecule has 1 fully saturated rings. The highest BCUT2D eigenvalue weighted by Crippen LogP contribution is 2.30. The van der Waals surface area contributed by atoms with Gasteiger partial charge in [0.05, 0.1) is 25.9 Å². The van der Waals surface area contributed by atoms with E-state index in [2.05, 4.69) is 10.1 Å². The molecule has 0 aromatic heterocycles. The van der Waals surface area contributed by atoms with E-state index in [-0.39, 0.29) is 12.3 Å². The lowest BCUT2D eigenvalue weighted by atomic mass is 9.93. The van der Waals surface area contributed by atoms with Crippen LogP contribution >= 0.6 is 0 Å². The van der Waals surface area contributed by atoms with Gasteiger partial charge in [0.2, 0.25) is 5.91 Å². The summed E-state index contributed by atoms with van der Waals surface area (Å²) >= 11 is 0.